The monoisotopic (exact) mass is 371 g/mol. The first-order valence-electron chi connectivity index (χ1n) is 9.49. The summed E-state index contributed by atoms with van der Waals surface area (Å²) in [6.07, 6.45) is 6.84. The number of piperidine rings is 1. The van der Waals surface area contributed by atoms with Crippen LogP contribution in [0.4, 0.5) is 0 Å². The summed E-state index contributed by atoms with van der Waals surface area (Å²) in [6.45, 7) is 3.50. The van der Waals surface area contributed by atoms with E-state index in [1.807, 2.05) is 24.3 Å². The van der Waals surface area contributed by atoms with Crippen molar-refractivity contribution in [2.75, 3.05) is 27.3 Å². The van der Waals surface area contributed by atoms with Gasteiger partial charge in [0.05, 0.1) is 14.2 Å². The zero-order valence-corrected chi connectivity index (χ0v) is 16.5. The number of nitrogens with zero attached hydrogens (tertiary/aromatic N) is 2. The first-order chi connectivity index (χ1) is 13.1. The van der Waals surface area contributed by atoms with Gasteiger partial charge in [0.15, 0.2) is 11.5 Å². The molecule has 27 heavy (non-hydrogen) atoms. The quantitative estimate of drug-likeness (QED) is 0.562. The SMILES string of the molecule is CCC1CCCCN1/C=C(/C#N)C(=O)NCCc1ccc(OC)c(OC)c1. The molecular weight excluding hydrogens is 342 g/mol. The zero-order valence-electron chi connectivity index (χ0n) is 16.5. The molecule has 1 fully saturated rings. The maximum absolute atomic E-state index is 12.4. The minimum atomic E-state index is -0.321. The molecule has 1 heterocycles. The van der Waals surface area contributed by atoms with Crippen LogP contribution in [0.1, 0.15) is 38.2 Å². The zero-order chi connectivity index (χ0) is 19.6. The van der Waals surface area contributed by atoms with Crippen LogP contribution < -0.4 is 14.8 Å². The first kappa shape index (κ1) is 20.6. The molecule has 146 valence electrons. The predicted octanol–water partition coefficient (Wildman–Crippen LogP) is 3.03. The third kappa shape index (κ3) is 5.65. The number of rotatable bonds is 8. The van der Waals surface area contributed by atoms with Crippen molar-refractivity contribution in [1.29, 1.82) is 5.26 Å². The summed E-state index contributed by atoms with van der Waals surface area (Å²) < 4.78 is 10.5. The number of hydrogen-bond donors (Lipinski definition) is 1. The molecule has 1 N–H and O–H groups in total. The fourth-order valence-electron chi connectivity index (χ4n) is 3.39. The molecule has 1 amide bonds. The number of nitriles is 1. The Labute approximate surface area is 161 Å². The molecular formula is C21H29N3O3. The van der Waals surface area contributed by atoms with E-state index >= 15 is 0 Å². The van der Waals surface area contributed by atoms with E-state index in [9.17, 15) is 10.1 Å². The highest BCUT2D eigenvalue weighted by Crippen LogP contribution is 2.27. The van der Waals surface area contributed by atoms with Crippen molar-refractivity contribution < 1.29 is 14.3 Å². The fraction of sp³-hybridized carbons (Fsp3) is 0.524. The Balaban J connectivity index is 1.93. The fourth-order valence-corrected chi connectivity index (χ4v) is 3.39. The Bertz CT molecular complexity index is 709. The topological polar surface area (TPSA) is 74.6 Å². The van der Waals surface area contributed by atoms with Gasteiger partial charge in [0.25, 0.3) is 5.91 Å². The van der Waals surface area contributed by atoms with Gasteiger partial charge in [-0.2, -0.15) is 5.26 Å². The lowest BCUT2D eigenvalue weighted by atomic mass is 10.0. The number of nitrogens with one attached hydrogen (secondary N) is 1. The Morgan fingerprint density at radius 1 is 1.33 bits per heavy atom. The molecule has 0 bridgehead atoms. The van der Waals surface area contributed by atoms with Gasteiger partial charge < -0.3 is 19.7 Å². The molecule has 1 aromatic carbocycles. The second kappa shape index (κ2) is 10.5. The Morgan fingerprint density at radius 3 is 2.78 bits per heavy atom. The second-order valence-corrected chi connectivity index (χ2v) is 6.65. The number of carbonyl (C=O) groups excluding carboxylic acids is 1. The van der Waals surface area contributed by atoms with Gasteiger partial charge in [0.1, 0.15) is 11.6 Å². The van der Waals surface area contributed by atoms with E-state index in [4.69, 9.17) is 9.47 Å². The number of benzene rings is 1. The summed E-state index contributed by atoms with van der Waals surface area (Å²) in [5, 5.41) is 12.2. The third-order valence-electron chi connectivity index (χ3n) is 4.95. The van der Waals surface area contributed by atoms with Crippen LogP contribution in [-0.2, 0) is 11.2 Å². The molecule has 1 saturated heterocycles. The van der Waals surface area contributed by atoms with E-state index in [1.54, 1.807) is 20.4 Å². The van der Waals surface area contributed by atoms with Crippen LogP contribution in [-0.4, -0.2) is 44.2 Å². The Kier molecular flexibility index (Phi) is 8.00. The lowest BCUT2D eigenvalue weighted by molar-refractivity contribution is -0.117. The van der Waals surface area contributed by atoms with Crippen LogP contribution in [0, 0.1) is 11.3 Å². The number of ether oxygens (including phenoxy) is 2. The van der Waals surface area contributed by atoms with Gasteiger partial charge in [-0.3, -0.25) is 4.79 Å². The molecule has 1 aromatic rings. The average Bonchev–Trinajstić information content (AvgIpc) is 2.71. The van der Waals surface area contributed by atoms with Gasteiger partial charge in [-0.15, -0.1) is 0 Å². The molecule has 1 aliphatic rings. The number of carbonyl (C=O) groups is 1. The van der Waals surface area contributed by atoms with E-state index in [0.717, 1.165) is 31.4 Å². The molecule has 0 saturated carbocycles. The van der Waals surface area contributed by atoms with Crippen molar-refractivity contribution in [3.63, 3.8) is 0 Å². The van der Waals surface area contributed by atoms with Crippen LogP contribution in [0.2, 0.25) is 0 Å². The molecule has 6 heteroatoms. The maximum Gasteiger partial charge on any atom is 0.263 e. The molecule has 0 spiro atoms. The Morgan fingerprint density at radius 2 is 2.11 bits per heavy atom. The summed E-state index contributed by atoms with van der Waals surface area (Å²) >= 11 is 0. The highest BCUT2D eigenvalue weighted by Gasteiger charge is 2.20. The second-order valence-electron chi connectivity index (χ2n) is 6.65. The van der Waals surface area contributed by atoms with Crippen LogP contribution in [0.3, 0.4) is 0 Å². The van der Waals surface area contributed by atoms with E-state index in [2.05, 4.69) is 17.1 Å². The Hall–Kier alpha value is -2.68. The molecule has 6 nitrogen and oxygen atoms in total. The number of likely N-dealkylation sites (tertiary alicyclic amines) is 1. The number of methoxy groups -OCH3 is 2. The summed E-state index contributed by atoms with van der Waals surface area (Å²) in [6, 6.07) is 8.14. The highest BCUT2D eigenvalue weighted by molar-refractivity contribution is 5.97. The molecule has 1 atom stereocenters. The smallest absolute Gasteiger partial charge is 0.263 e. The van der Waals surface area contributed by atoms with Gasteiger partial charge in [-0.1, -0.05) is 13.0 Å². The highest BCUT2D eigenvalue weighted by atomic mass is 16.5. The summed E-state index contributed by atoms with van der Waals surface area (Å²) in [4.78, 5) is 14.5. The van der Waals surface area contributed by atoms with E-state index in [1.165, 1.54) is 6.42 Å². The minimum absolute atomic E-state index is 0.169. The lowest BCUT2D eigenvalue weighted by Crippen LogP contribution is -2.36. The molecule has 2 rings (SSSR count). The van der Waals surface area contributed by atoms with Crippen molar-refractivity contribution in [3.8, 4) is 17.6 Å². The van der Waals surface area contributed by atoms with Crippen molar-refractivity contribution in [3.05, 3.63) is 35.5 Å². The third-order valence-corrected chi connectivity index (χ3v) is 4.95. The van der Waals surface area contributed by atoms with Gasteiger partial charge in [0.2, 0.25) is 0 Å². The summed E-state index contributed by atoms with van der Waals surface area (Å²) in [7, 11) is 3.19. The largest absolute Gasteiger partial charge is 0.493 e. The molecule has 0 aliphatic carbocycles. The average molecular weight is 371 g/mol. The lowest BCUT2D eigenvalue weighted by Gasteiger charge is -2.34. The number of amides is 1. The predicted molar refractivity (Wildman–Crippen MR) is 105 cm³/mol. The van der Waals surface area contributed by atoms with E-state index in [-0.39, 0.29) is 11.5 Å². The summed E-state index contributed by atoms with van der Waals surface area (Å²) in [5.41, 5.74) is 1.19. The van der Waals surface area contributed by atoms with Crippen molar-refractivity contribution in [2.24, 2.45) is 0 Å². The van der Waals surface area contributed by atoms with Crippen LogP contribution >= 0.6 is 0 Å². The van der Waals surface area contributed by atoms with Gasteiger partial charge >= 0.3 is 0 Å². The van der Waals surface area contributed by atoms with Crippen molar-refractivity contribution >= 4 is 5.91 Å². The standard InChI is InChI=1S/C21H29N3O3/c1-4-18-7-5-6-12-24(18)15-17(14-22)21(25)23-11-10-16-8-9-19(26-2)20(13-16)27-3/h8-9,13,15,18H,4-7,10-12H2,1-3H3,(H,23,25)/b17-15-. The van der Waals surface area contributed by atoms with Crippen LogP contribution in [0.5, 0.6) is 11.5 Å². The van der Waals surface area contributed by atoms with Crippen molar-refractivity contribution in [2.45, 2.75) is 45.1 Å². The molecule has 0 aromatic heterocycles. The minimum Gasteiger partial charge on any atom is -0.493 e. The normalized spacial score (nSPS) is 17.2. The molecule has 1 unspecified atom stereocenters. The maximum atomic E-state index is 12.4. The summed E-state index contributed by atoms with van der Waals surface area (Å²) in [5.74, 6) is 1.01. The van der Waals surface area contributed by atoms with Crippen LogP contribution in [0.25, 0.3) is 0 Å². The van der Waals surface area contributed by atoms with E-state index < -0.39 is 0 Å². The van der Waals surface area contributed by atoms with Crippen LogP contribution in [0.15, 0.2) is 30.0 Å². The molecule has 0 radical (unpaired) electrons. The number of hydrogen-bond acceptors (Lipinski definition) is 5. The molecule has 1 aliphatic heterocycles. The van der Waals surface area contributed by atoms with Gasteiger partial charge in [-0.25, -0.2) is 0 Å². The van der Waals surface area contributed by atoms with Crippen molar-refractivity contribution in [1.82, 2.24) is 10.2 Å². The van der Waals surface area contributed by atoms with Gasteiger partial charge in [-0.05, 0) is 49.8 Å². The van der Waals surface area contributed by atoms with E-state index in [0.29, 0.717) is 30.5 Å². The first-order valence-corrected chi connectivity index (χ1v) is 9.49. The van der Waals surface area contributed by atoms with Gasteiger partial charge in [0, 0.05) is 25.3 Å².